The lowest BCUT2D eigenvalue weighted by Gasteiger charge is -2.28. The van der Waals surface area contributed by atoms with Crippen molar-refractivity contribution in [2.45, 2.75) is 135 Å². The molecule has 0 aliphatic heterocycles. The first kappa shape index (κ1) is 33.9. The molecule has 0 atom stereocenters. The molecule has 0 unspecified atom stereocenters. The van der Waals surface area contributed by atoms with Gasteiger partial charge in [-0.3, -0.25) is 0 Å². The zero-order valence-electron chi connectivity index (χ0n) is 26.6. The summed E-state index contributed by atoms with van der Waals surface area (Å²) in [5.41, 5.74) is 1.87. The summed E-state index contributed by atoms with van der Waals surface area (Å²) in [6, 6.07) is 15.4. The van der Waals surface area contributed by atoms with Crippen molar-refractivity contribution in [3.8, 4) is 11.5 Å². The SMILES string of the molecule is C=CCCCCCCCCCOc1ccc(C(=O)Oc2ccc(CC[C@H]3CC[C@H](CCCCCCC)CC3)cc2)cc1. The lowest BCUT2D eigenvalue weighted by atomic mass is 9.78. The maximum Gasteiger partial charge on any atom is 0.343 e. The Morgan fingerprint density at radius 2 is 1.29 bits per heavy atom. The van der Waals surface area contributed by atoms with Gasteiger partial charge in [0.2, 0.25) is 0 Å². The van der Waals surface area contributed by atoms with Crippen LogP contribution in [-0.4, -0.2) is 12.6 Å². The van der Waals surface area contributed by atoms with Crippen molar-refractivity contribution in [3.05, 3.63) is 72.3 Å². The largest absolute Gasteiger partial charge is 0.494 e. The van der Waals surface area contributed by atoms with Crippen molar-refractivity contribution in [1.29, 1.82) is 0 Å². The standard InChI is InChI=1S/C39H58O3/c1-3-5-7-9-10-11-12-14-16-32-41-37-30-26-36(27-31-37)39(40)42-38-28-24-35(25-29-38)23-22-34-20-18-33(19-21-34)17-15-13-8-6-4-2/h3,24-31,33-34H,1,4-23,32H2,2H3/t33-,34-. The van der Waals surface area contributed by atoms with E-state index < -0.39 is 0 Å². The quantitative estimate of drug-likeness (QED) is 0.0607. The molecule has 0 bridgehead atoms. The number of allylic oxidation sites excluding steroid dienone is 1. The molecule has 2 aromatic rings. The van der Waals surface area contributed by atoms with Crippen LogP contribution in [0.25, 0.3) is 0 Å². The van der Waals surface area contributed by atoms with Crippen LogP contribution < -0.4 is 9.47 Å². The molecule has 1 aliphatic rings. The van der Waals surface area contributed by atoms with Gasteiger partial charge in [-0.05, 0) is 85.9 Å². The molecule has 232 valence electrons. The molecule has 0 amide bonds. The number of rotatable bonds is 22. The van der Waals surface area contributed by atoms with Crippen LogP contribution >= 0.6 is 0 Å². The number of carbonyl (C=O) groups is 1. The first-order valence-corrected chi connectivity index (χ1v) is 17.3. The Balaban J connectivity index is 1.26. The summed E-state index contributed by atoms with van der Waals surface area (Å²) in [6.45, 7) is 6.78. The number of carbonyl (C=O) groups excluding carboxylic acids is 1. The second kappa shape index (κ2) is 21.2. The lowest BCUT2D eigenvalue weighted by molar-refractivity contribution is 0.0734. The molecule has 0 N–H and O–H groups in total. The summed E-state index contributed by atoms with van der Waals surface area (Å²) in [6.07, 6.45) is 28.4. The third kappa shape index (κ3) is 14.1. The molecule has 0 aromatic heterocycles. The normalized spacial score (nSPS) is 16.7. The molecule has 1 saturated carbocycles. The van der Waals surface area contributed by atoms with E-state index >= 15 is 0 Å². The van der Waals surface area contributed by atoms with Crippen LogP contribution in [0.4, 0.5) is 0 Å². The third-order valence-corrected chi connectivity index (χ3v) is 9.07. The molecular formula is C39H58O3. The zero-order chi connectivity index (χ0) is 29.7. The predicted molar refractivity (Wildman–Crippen MR) is 178 cm³/mol. The van der Waals surface area contributed by atoms with Crippen LogP contribution in [0.5, 0.6) is 11.5 Å². The summed E-state index contributed by atoms with van der Waals surface area (Å²) < 4.78 is 11.5. The zero-order valence-corrected chi connectivity index (χ0v) is 26.6. The van der Waals surface area contributed by atoms with Crippen LogP contribution in [0.2, 0.25) is 0 Å². The molecule has 0 heterocycles. The smallest absolute Gasteiger partial charge is 0.343 e. The molecule has 0 saturated heterocycles. The molecule has 2 aromatic carbocycles. The van der Waals surface area contributed by atoms with Crippen molar-refractivity contribution in [2.75, 3.05) is 6.61 Å². The van der Waals surface area contributed by atoms with E-state index in [1.807, 2.05) is 30.3 Å². The number of hydrogen-bond acceptors (Lipinski definition) is 3. The van der Waals surface area contributed by atoms with Gasteiger partial charge in [0, 0.05) is 0 Å². The van der Waals surface area contributed by atoms with E-state index in [4.69, 9.17) is 9.47 Å². The fourth-order valence-electron chi connectivity index (χ4n) is 6.26. The van der Waals surface area contributed by atoms with Crippen molar-refractivity contribution in [3.63, 3.8) is 0 Å². The van der Waals surface area contributed by atoms with E-state index in [-0.39, 0.29) is 5.97 Å². The molecular weight excluding hydrogens is 516 g/mol. The summed E-state index contributed by atoms with van der Waals surface area (Å²) in [7, 11) is 0. The highest BCUT2D eigenvalue weighted by Gasteiger charge is 2.20. The Morgan fingerprint density at radius 1 is 0.714 bits per heavy atom. The van der Waals surface area contributed by atoms with Crippen LogP contribution in [0.15, 0.2) is 61.2 Å². The number of esters is 1. The molecule has 1 aliphatic carbocycles. The average Bonchev–Trinajstić information content (AvgIpc) is 3.02. The van der Waals surface area contributed by atoms with Gasteiger partial charge >= 0.3 is 5.97 Å². The van der Waals surface area contributed by atoms with E-state index in [0.717, 1.165) is 36.8 Å². The van der Waals surface area contributed by atoms with E-state index in [1.165, 1.54) is 115 Å². The second-order valence-electron chi connectivity index (χ2n) is 12.6. The highest BCUT2D eigenvalue weighted by molar-refractivity contribution is 5.91. The number of aryl methyl sites for hydroxylation is 1. The molecule has 42 heavy (non-hydrogen) atoms. The lowest BCUT2D eigenvalue weighted by Crippen LogP contribution is -2.15. The second-order valence-corrected chi connectivity index (χ2v) is 12.6. The van der Waals surface area contributed by atoms with Crippen LogP contribution in [-0.2, 0) is 6.42 Å². The van der Waals surface area contributed by atoms with Crippen LogP contribution in [0.1, 0.15) is 145 Å². The minimum atomic E-state index is -0.329. The van der Waals surface area contributed by atoms with Gasteiger partial charge < -0.3 is 9.47 Å². The summed E-state index contributed by atoms with van der Waals surface area (Å²) in [5.74, 6) is 2.92. The minimum Gasteiger partial charge on any atom is -0.494 e. The predicted octanol–water partition coefficient (Wildman–Crippen LogP) is 11.7. The topological polar surface area (TPSA) is 35.5 Å². The molecule has 3 heteroatoms. The fourth-order valence-corrected chi connectivity index (χ4v) is 6.26. The highest BCUT2D eigenvalue weighted by Crippen LogP contribution is 2.34. The Bertz CT molecular complexity index is 970. The van der Waals surface area contributed by atoms with E-state index in [1.54, 1.807) is 12.1 Å². The molecule has 3 nitrogen and oxygen atoms in total. The van der Waals surface area contributed by atoms with Gasteiger partial charge in [-0.2, -0.15) is 0 Å². The van der Waals surface area contributed by atoms with Crippen LogP contribution in [0.3, 0.4) is 0 Å². The Labute approximate surface area is 257 Å². The summed E-state index contributed by atoms with van der Waals surface area (Å²) >= 11 is 0. The average molecular weight is 575 g/mol. The third-order valence-electron chi connectivity index (χ3n) is 9.07. The maximum atomic E-state index is 12.7. The number of hydrogen-bond donors (Lipinski definition) is 0. The fraction of sp³-hybridized carbons (Fsp3) is 0.615. The van der Waals surface area contributed by atoms with E-state index in [2.05, 4.69) is 25.6 Å². The Kier molecular flexibility index (Phi) is 17.1. The van der Waals surface area contributed by atoms with Crippen molar-refractivity contribution in [1.82, 2.24) is 0 Å². The van der Waals surface area contributed by atoms with Gasteiger partial charge in [-0.15, -0.1) is 6.58 Å². The van der Waals surface area contributed by atoms with E-state index in [0.29, 0.717) is 17.9 Å². The maximum absolute atomic E-state index is 12.7. The van der Waals surface area contributed by atoms with E-state index in [9.17, 15) is 4.79 Å². The molecule has 0 spiro atoms. The Morgan fingerprint density at radius 3 is 1.95 bits per heavy atom. The molecule has 3 rings (SSSR count). The van der Waals surface area contributed by atoms with Crippen molar-refractivity contribution >= 4 is 5.97 Å². The van der Waals surface area contributed by atoms with Crippen molar-refractivity contribution < 1.29 is 14.3 Å². The van der Waals surface area contributed by atoms with Gasteiger partial charge in [-0.1, -0.05) is 121 Å². The number of unbranched alkanes of at least 4 members (excludes halogenated alkanes) is 11. The molecule has 0 radical (unpaired) electrons. The minimum absolute atomic E-state index is 0.329. The number of benzene rings is 2. The highest BCUT2D eigenvalue weighted by atomic mass is 16.5. The van der Waals surface area contributed by atoms with Gasteiger partial charge in [-0.25, -0.2) is 4.79 Å². The summed E-state index contributed by atoms with van der Waals surface area (Å²) in [4.78, 5) is 12.7. The monoisotopic (exact) mass is 574 g/mol. The van der Waals surface area contributed by atoms with Gasteiger partial charge in [0.1, 0.15) is 11.5 Å². The van der Waals surface area contributed by atoms with Crippen molar-refractivity contribution in [2.24, 2.45) is 11.8 Å². The molecule has 1 fully saturated rings. The van der Waals surface area contributed by atoms with Gasteiger partial charge in [0.25, 0.3) is 0 Å². The van der Waals surface area contributed by atoms with Gasteiger partial charge in [0.05, 0.1) is 12.2 Å². The Hall–Kier alpha value is -2.55. The first-order valence-electron chi connectivity index (χ1n) is 17.3. The van der Waals surface area contributed by atoms with Gasteiger partial charge in [0.15, 0.2) is 0 Å². The van der Waals surface area contributed by atoms with Crippen LogP contribution in [0, 0.1) is 11.8 Å². The first-order chi connectivity index (χ1) is 20.7. The number of ether oxygens (including phenoxy) is 2. The summed E-state index contributed by atoms with van der Waals surface area (Å²) in [5, 5.41) is 0.